The number of rotatable bonds is 4. The molecule has 1 amide bonds. The van der Waals surface area contributed by atoms with Gasteiger partial charge in [0.1, 0.15) is 0 Å². The number of nitrogens with one attached hydrogen (secondary N) is 1. The standard InChI is InChI=1S/C22H30N2O/c25-21(22-12-16-9-17(13-22)11-18(10-16)14-22)23-6-8-24-7-5-19-3-1-2-4-20(19)15-24/h1-4,16-18H,5-15H2,(H,23,25). The van der Waals surface area contributed by atoms with Crippen LogP contribution in [0.25, 0.3) is 0 Å². The maximum Gasteiger partial charge on any atom is 0.226 e. The number of carbonyl (C=O) groups excluding carboxylic acids is 1. The van der Waals surface area contributed by atoms with Gasteiger partial charge in [-0.1, -0.05) is 24.3 Å². The molecule has 1 heterocycles. The van der Waals surface area contributed by atoms with E-state index in [2.05, 4.69) is 34.5 Å². The largest absolute Gasteiger partial charge is 0.354 e. The zero-order chi connectivity index (χ0) is 16.9. The second kappa shape index (κ2) is 6.12. The second-order valence-electron chi connectivity index (χ2n) is 9.25. The van der Waals surface area contributed by atoms with Gasteiger partial charge in [-0.25, -0.2) is 0 Å². The fraction of sp³-hybridized carbons (Fsp3) is 0.682. The highest BCUT2D eigenvalue weighted by molar-refractivity contribution is 5.83. The number of hydrogen-bond donors (Lipinski definition) is 1. The van der Waals surface area contributed by atoms with Crippen molar-refractivity contribution >= 4 is 5.91 Å². The minimum atomic E-state index is 0.00322. The van der Waals surface area contributed by atoms with E-state index in [9.17, 15) is 4.79 Å². The molecule has 4 aliphatic carbocycles. The molecule has 1 N–H and O–H groups in total. The Morgan fingerprint density at radius 3 is 2.36 bits per heavy atom. The van der Waals surface area contributed by atoms with Crippen molar-refractivity contribution in [3.63, 3.8) is 0 Å². The molecular weight excluding hydrogens is 308 g/mol. The highest BCUT2D eigenvalue weighted by Crippen LogP contribution is 2.60. The summed E-state index contributed by atoms with van der Waals surface area (Å²) < 4.78 is 0. The molecular formula is C22H30N2O. The summed E-state index contributed by atoms with van der Waals surface area (Å²) in [5.41, 5.74) is 2.96. The molecule has 134 valence electrons. The molecule has 1 aliphatic heterocycles. The SMILES string of the molecule is O=C(NCCN1CCc2ccccc2C1)C12CC3CC(CC(C3)C1)C2. The molecule has 1 aromatic carbocycles. The van der Waals surface area contributed by atoms with Crippen LogP contribution in [-0.4, -0.2) is 30.4 Å². The fourth-order valence-corrected chi connectivity index (χ4v) is 6.65. The first-order valence-electron chi connectivity index (χ1n) is 10.3. The van der Waals surface area contributed by atoms with Crippen molar-refractivity contribution in [2.75, 3.05) is 19.6 Å². The zero-order valence-corrected chi connectivity index (χ0v) is 15.2. The van der Waals surface area contributed by atoms with Gasteiger partial charge in [0, 0.05) is 31.6 Å². The maximum atomic E-state index is 13.0. The number of carbonyl (C=O) groups is 1. The van der Waals surface area contributed by atoms with Gasteiger partial charge in [0.15, 0.2) is 0 Å². The molecule has 0 atom stereocenters. The maximum absolute atomic E-state index is 13.0. The summed E-state index contributed by atoms with van der Waals surface area (Å²) in [6.45, 7) is 3.93. The lowest BCUT2D eigenvalue weighted by atomic mass is 9.49. The van der Waals surface area contributed by atoms with Crippen molar-refractivity contribution in [3.05, 3.63) is 35.4 Å². The van der Waals surface area contributed by atoms with Crippen LogP contribution in [-0.2, 0) is 17.8 Å². The third-order valence-corrected chi connectivity index (χ3v) is 7.44. The first kappa shape index (κ1) is 15.9. The van der Waals surface area contributed by atoms with Gasteiger partial charge >= 0.3 is 0 Å². The van der Waals surface area contributed by atoms with Gasteiger partial charge in [-0.3, -0.25) is 9.69 Å². The Morgan fingerprint density at radius 2 is 1.68 bits per heavy atom. The summed E-state index contributed by atoms with van der Waals surface area (Å²) in [4.78, 5) is 15.5. The van der Waals surface area contributed by atoms with Crippen LogP contribution in [0.2, 0.25) is 0 Å². The van der Waals surface area contributed by atoms with E-state index in [1.807, 2.05) is 0 Å². The van der Waals surface area contributed by atoms with Gasteiger partial charge in [-0.15, -0.1) is 0 Å². The predicted molar refractivity (Wildman–Crippen MR) is 99.0 cm³/mol. The van der Waals surface area contributed by atoms with E-state index in [0.29, 0.717) is 5.91 Å². The minimum absolute atomic E-state index is 0.00322. The van der Waals surface area contributed by atoms with E-state index in [0.717, 1.165) is 50.4 Å². The molecule has 0 saturated heterocycles. The molecule has 1 aromatic rings. The van der Waals surface area contributed by atoms with E-state index in [1.165, 1.54) is 49.7 Å². The summed E-state index contributed by atoms with van der Waals surface area (Å²) in [5, 5.41) is 3.33. The summed E-state index contributed by atoms with van der Waals surface area (Å²) in [6.07, 6.45) is 8.85. The van der Waals surface area contributed by atoms with Crippen LogP contribution in [0.15, 0.2) is 24.3 Å². The monoisotopic (exact) mass is 338 g/mol. The lowest BCUT2D eigenvalue weighted by molar-refractivity contribution is -0.146. The third-order valence-electron chi connectivity index (χ3n) is 7.44. The quantitative estimate of drug-likeness (QED) is 0.913. The van der Waals surface area contributed by atoms with E-state index in [4.69, 9.17) is 0 Å². The Balaban J connectivity index is 1.16. The average Bonchev–Trinajstić information content (AvgIpc) is 2.60. The molecule has 6 rings (SSSR count). The van der Waals surface area contributed by atoms with Gasteiger partial charge < -0.3 is 5.32 Å². The topological polar surface area (TPSA) is 32.3 Å². The van der Waals surface area contributed by atoms with E-state index < -0.39 is 0 Å². The smallest absolute Gasteiger partial charge is 0.226 e. The summed E-state index contributed by atoms with van der Waals surface area (Å²) >= 11 is 0. The Labute approximate surface area is 151 Å². The van der Waals surface area contributed by atoms with Crippen molar-refractivity contribution in [1.29, 1.82) is 0 Å². The number of nitrogens with zero attached hydrogens (tertiary/aromatic N) is 1. The molecule has 0 radical (unpaired) electrons. The Morgan fingerprint density at radius 1 is 1.04 bits per heavy atom. The van der Waals surface area contributed by atoms with Crippen molar-refractivity contribution in [2.45, 2.75) is 51.5 Å². The minimum Gasteiger partial charge on any atom is -0.354 e. The van der Waals surface area contributed by atoms with Crippen LogP contribution in [0.3, 0.4) is 0 Å². The molecule has 0 unspecified atom stereocenters. The van der Waals surface area contributed by atoms with E-state index >= 15 is 0 Å². The third kappa shape index (κ3) is 2.91. The molecule has 25 heavy (non-hydrogen) atoms. The van der Waals surface area contributed by atoms with Crippen LogP contribution in [0, 0.1) is 23.2 Å². The molecule has 4 saturated carbocycles. The van der Waals surface area contributed by atoms with E-state index in [-0.39, 0.29) is 5.41 Å². The van der Waals surface area contributed by atoms with Crippen molar-refractivity contribution in [3.8, 4) is 0 Å². The second-order valence-corrected chi connectivity index (χ2v) is 9.25. The molecule has 4 fully saturated rings. The van der Waals surface area contributed by atoms with Crippen molar-refractivity contribution < 1.29 is 4.79 Å². The number of amides is 1. The molecule has 0 spiro atoms. The first-order chi connectivity index (χ1) is 12.2. The Kier molecular flexibility index (Phi) is 3.89. The van der Waals surface area contributed by atoms with Crippen molar-refractivity contribution in [2.24, 2.45) is 23.2 Å². The van der Waals surface area contributed by atoms with Crippen molar-refractivity contribution in [1.82, 2.24) is 10.2 Å². The summed E-state index contributed by atoms with van der Waals surface area (Å²) in [5.74, 6) is 2.91. The first-order valence-corrected chi connectivity index (χ1v) is 10.3. The van der Waals surface area contributed by atoms with Crippen LogP contribution in [0.5, 0.6) is 0 Å². The molecule has 3 nitrogen and oxygen atoms in total. The predicted octanol–water partition coefficient (Wildman–Crippen LogP) is 3.38. The van der Waals surface area contributed by atoms with Crippen LogP contribution in [0.1, 0.15) is 49.7 Å². The van der Waals surface area contributed by atoms with Gasteiger partial charge in [-0.05, 0) is 73.8 Å². The fourth-order valence-electron chi connectivity index (χ4n) is 6.65. The molecule has 4 bridgehead atoms. The van der Waals surface area contributed by atoms with Crippen LogP contribution < -0.4 is 5.32 Å². The summed E-state index contributed by atoms with van der Waals surface area (Å²) in [7, 11) is 0. The lowest BCUT2D eigenvalue weighted by Gasteiger charge is -2.55. The highest BCUT2D eigenvalue weighted by Gasteiger charge is 2.54. The van der Waals surface area contributed by atoms with Crippen LogP contribution >= 0.6 is 0 Å². The molecule has 3 heteroatoms. The summed E-state index contributed by atoms with van der Waals surface area (Å²) in [6, 6.07) is 8.77. The van der Waals surface area contributed by atoms with Gasteiger partial charge in [0.25, 0.3) is 0 Å². The zero-order valence-electron chi connectivity index (χ0n) is 15.2. The average molecular weight is 338 g/mol. The van der Waals surface area contributed by atoms with E-state index in [1.54, 1.807) is 0 Å². The lowest BCUT2D eigenvalue weighted by Crippen LogP contribution is -2.54. The normalized spacial score (nSPS) is 36.2. The number of benzene rings is 1. The van der Waals surface area contributed by atoms with Gasteiger partial charge in [-0.2, -0.15) is 0 Å². The number of fused-ring (bicyclic) bond motifs is 1. The van der Waals surface area contributed by atoms with Crippen LogP contribution in [0.4, 0.5) is 0 Å². The Bertz CT molecular complexity index is 632. The van der Waals surface area contributed by atoms with Gasteiger partial charge in [0.2, 0.25) is 5.91 Å². The number of hydrogen-bond acceptors (Lipinski definition) is 2. The molecule has 5 aliphatic rings. The van der Waals surface area contributed by atoms with Gasteiger partial charge in [0.05, 0.1) is 0 Å². The molecule has 0 aromatic heterocycles. The Hall–Kier alpha value is -1.35. The highest BCUT2D eigenvalue weighted by atomic mass is 16.2.